The first kappa shape index (κ1) is 51.9. The Morgan fingerprint density at radius 3 is 2.29 bits per heavy atom. The van der Waals surface area contributed by atoms with Crippen LogP contribution in [0, 0.1) is 11.6 Å². The number of aromatic nitrogens is 3. The molecule has 2 aliphatic heterocycles. The van der Waals surface area contributed by atoms with Gasteiger partial charge in [-0.3, -0.25) is 19.2 Å². The van der Waals surface area contributed by atoms with Crippen molar-refractivity contribution in [3.63, 3.8) is 0 Å². The second kappa shape index (κ2) is 28.9. The van der Waals surface area contributed by atoms with Gasteiger partial charge in [0.1, 0.15) is 18.1 Å². The molecule has 18 nitrogen and oxygen atoms in total. The number of rotatable bonds is 34. The van der Waals surface area contributed by atoms with E-state index in [2.05, 4.69) is 31.6 Å². The van der Waals surface area contributed by atoms with Crippen molar-refractivity contribution in [2.45, 2.75) is 94.1 Å². The van der Waals surface area contributed by atoms with Crippen LogP contribution in [0.3, 0.4) is 0 Å². The fourth-order valence-electron chi connectivity index (χ4n) is 7.22. The first-order valence-electron chi connectivity index (χ1n) is 22.5. The van der Waals surface area contributed by atoms with Gasteiger partial charge in [0.25, 0.3) is 5.91 Å². The maximum atomic E-state index is 14.0. The number of ether oxygens (including phenoxy) is 5. The Kier molecular flexibility index (Phi) is 22.7. The number of para-hydroxylation sites is 1. The fraction of sp³-hybridized carbons (Fsp3) is 0.578. The van der Waals surface area contributed by atoms with E-state index in [9.17, 15) is 32.8 Å². The highest BCUT2D eigenvalue weighted by atomic mass is 32.2. The van der Waals surface area contributed by atoms with Crippen LogP contribution in [0.2, 0.25) is 0 Å². The van der Waals surface area contributed by atoms with Crippen LogP contribution in [-0.2, 0) is 39.9 Å². The molecule has 2 aromatic carbocycles. The van der Waals surface area contributed by atoms with Crippen LogP contribution in [0.5, 0.6) is 5.75 Å². The summed E-state index contributed by atoms with van der Waals surface area (Å²) in [5.74, 6) is -2.71. The third kappa shape index (κ3) is 18.0. The molecule has 4 atom stereocenters. The van der Waals surface area contributed by atoms with Gasteiger partial charge in [0, 0.05) is 42.4 Å². The molecule has 0 bridgehead atoms. The van der Waals surface area contributed by atoms with E-state index < -0.39 is 41.7 Å². The van der Waals surface area contributed by atoms with Crippen LogP contribution in [0.1, 0.15) is 80.3 Å². The van der Waals surface area contributed by atoms with Crippen molar-refractivity contribution in [1.82, 2.24) is 36.3 Å². The molecule has 66 heavy (non-hydrogen) atoms. The molecule has 3 heterocycles. The number of nitrogens with two attached hydrogens (primary N) is 1. The molecule has 21 heteroatoms. The summed E-state index contributed by atoms with van der Waals surface area (Å²) in [6.07, 6.45) is 7.76. The van der Waals surface area contributed by atoms with Crippen LogP contribution < -0.4 is 31.7 Å². The van der Waals surface area contributed by atoms with Gasteiger partial charge in [-0.2, -0.15) is 11.8 Å². The molecule has 5 rings (SSSR count). The SMILES string of the molecule is NCCCC[C@H](NC(=O)c1cccc(-n2cc(CNC(=O)CCOCCOCCOCCOCCCC(=O)CCCC[C@@H]3SC[C@@H]4NC(=O)N[C@@H]43)nn2)c1)C(=O)COc1c(F)cccc1F. The van der Waals surface area contributed by atoms with Crippen LogP contribution >= 0.6 is 11.8 Å². The number of thioether (sulfide) groups is 1. The number of Topliss-reactive ketones (excluding diaryl/α,β-unsaturated/α-hetero) is 2. The minimum Gasteiger partial charge on any atom is -0.480 e. The summed E-state index contributed by atoms with van der Waals surface area (Å²) in [6, 6.07) is 9.07. The third-order valence-electron chi connectivity index (χ3n) is 10.8. The van der Waals surface area contributed by atoms with Gasteiger partial charge in [-0.25, -0.2) is 18.3 Å². The predicted octanol–water partition coefficient (Wildman–Crippen LogP) is 3.57. The average molecular weight is 945 g/mol. The second-order valence-electron chi connectivity index (χ2n) is 15.8. The zero-order valence-electron chi connectivity index (χ0n) is 37.2. The monoisotopic (exact) mass is 944 g/mol. The van der Waals surface area contributed by atoms with Crippen molar-refractivity contribution in [2.75, 3.05) is 71.8 Å². The highest BCUT2D eigenvalue weighted by Crippen LogP contribution is 2.33. The Hall–Kier alpha value is -5.06. The van der Waals surface area contributed by atoms with Crippen molar-refractivity contribution in [2.24, 2.45) is 5.73 Å². The van der Waals surface area contributed by atoms with Gasteiger partial charge in [0.15, 0.2) is 23.2 Å². The number of benzene rings is 2. The number of unbranched alkanes of at least 4 members (excludes halogenated alkanes) is 2. The van der Waals surface area contributed by atoms with E-state index in [4.69, 9.17) is 29.4 Å². The Balaban J connectivity index is 0.851. The van der Waals surface area contributed by atoms with Gasteiger partial charge in [-0.1, -0.05) is 23.8 Å². The first-order chi connectivity index (χ1) is 32.1. The molecule has 0 radical (unpaired) electrons. The van der Waals surface area contributed by atoms with E-state index in [1.54, 1.807) is 30.5 Å². The molecule has 0 spiro atoms. The van der Waals surface area contributed by atoms with Gasteiger partial charge in [-0.15, -0.1) is 5.10 Å². The van der Waals surface area contributed by atoms with Gasteiger partial charge in [-0.05, 0) is 75.4 Å². The van der Waals surface area contributed by atoms with Crippen LogP contribution in [0.15, 0.2) is 48.7 Å². The highest BCUT2D eigenvalue weighted by molar-refractivity contribution is 8.00. The largest absolute Gasteiger partial charge is 0.480 e. The third-order valence-corrected chi connectivity index (χ3v) is 12.3. The summed E-state index contributed by atoms with van der Waals surface area (Å²) < 4.78 is 56.8. The van der Waals surface area contributed by atoms with Crippen molar-refractivity contribution in [1.29, 1.82) is 0 Å². The van der Waals surface area contributed by atoms with Gasteiger partial charge < -0.3 is 50.7 Å². The molecular formula is C45H62F2N8O10S. The molecule has 4 amide bonds. The van der Waals surface area contributed by atoms with E-state index in [0.717, 1.165) is 37.1 Å². The summed E-state index contributed by atoms with van der Waals surface area (Å²) in [6.45, 7) is 2.88. The maximum Gasteiger partial charge on any atom is 0.315 e. The molecule has 6 N–H and O–H groups in total. The number of nitrogens with one attached hydrogen (secondary N) is 4. The van der Waals surface area contributed by atoms with Crippen molar-refractivity contribution in [3.05, 3.63) is 71.6 Å². The lowest BCUT2D eigenvalue weighted by atomic mass is 10.0. The zero-order valence-corrected chi connectivity index (χ0v) is 38.0. The number of amides is 4. The maximum absolute atomic E-state index is 14.0. The minimum atomic E-state index is -0.992. The topological polar surface area (TPSA) is 236 Å². The molecule has 0 aliphatic carbocycles. The fourth-order valence-corrected chi connectivity index (χ4v) is 8.76. The summed E-state index contributed by atoms with van der Waals surface area (Å²) in [4.78, 5) is 62.4. The highest BCUT2D eigenvalue weighted by Gasteiger charge is 2.42. The normalized spacial score (nSPS) is 16.9. The quantitative estimate of drug-likeness (QED) is 0.0426. The Labute approximate surface area is 387 Å². The van der Waals surface area contributed by atoms with Crippen molar-refractivity contribution < 1.29 is 56.4 Å². The standard InChI is InChI=1S/C45H62F2N8O10S/c46-35-12-6-13-36(47)43(35)65-29-39(57)37(14-3-4-17-48)50-44(59)31-8-5-9-33(26-31)55-28-32(53-54-55)27-49-41(58)16-19-62-21-23-64-25-24-63-22-20-61-18-7-11-34(56)10-1-2-15-40-42-38(30-66-40)51-45(60)52-42/h5-6,8-9,12-13,26,28,37-38,40,42H,1-4,7,10-11,14-25,27,29-30,48H2,(H,49,58)(H,50,59)(H2,51,52,60)/t37-,38-,40-,42-/m0/s1. The number of urea groups is 1. The Morgan fingerprint density at radius 2 is 1.55 bits per heavy atom. The minimum absolute atomic E-state index is 0.0715. The molecule has 2 fully saturated rings. The lowest BCUT2D eigenvalue weighted by Crippen LogP contribution is -2.43. The number of hydrogen-bond donors (Lipinski definition) is 5. The molecule has 0 saturated carbocycles. The van der Waals surface area contributed by atoms with Crippen LogP contribution in [0.25, 0.3) is 5.69 Å². The summed E-state index contributed by atoms with van der Waals surface area (Å²) in [5, 5.41) is 20.1. The number of halogens is 2. The van der Waals surface area contributed by atoms with E-state index in [-0.39, 0.29) is 61.4 Å². The van der Waals surface area contributed by atoms with E-state index in [1.807, 2.05) is 11.8 Å². The number of nitrogens with zero attached hydrogens (tertiary/aromatic N) is 3. The molecule has 362 valence electrons. The van der Waals surface area contributed by atoms with E-state index in [0.29, 0.717) is 102 Å². The molecule has 2 aliphatic rings. The number of fused-ring (bicyclic) bond motifs is 1. The number of carbonyl (C=O) groups is 5. The van der Waals surface area contributed by atoms with Crippen LogP contribution in [-0.4, -0.2) is 140 Å². The Bertz CT molecular complexity index is 1990. The number of carbonyl (C=O) groups excluding carboxylic acids is 5. The smallest absolute Gasteiger partial charge is 0.315 e. The summed E-state index contributed by atoms with van der Waals surface area (Å²) in [7, 11) is 0. The molecule has 0 unspecified atom stereocenters. The lowest BCUT2D eigenvalue weighted by molar-refractivity contribution is -0.123. The predicted molar refractivity (Wildman–Crippen MR) is 240 cm³/mol. The zero-order chi connectivity index (χ0) is 46.9. The molecule has 2 saturated heterocycles. The van der Waals surface area contributed by atoms with E-state index in [1.165, 1.54) is 10.7 Å². The van der Waals surface area contributed by atoms with Gasteiger partial charge in [0.05, 0.1) is 82.8 Å². The second-order valence-corrected chi connectivity index (χ2v) is 17.1. The molecular weight excluding hydrogens is 883 g/mol. The van der Waals surface area contributed by atoms with E-state index >= 15 is 0 Å². The Morgan fingerprint density at radius 1 is 0.848 bits per heavy atom. The van der Waals surface area contributed by atoms with Crippen molar-refractivity contribution >= 4 is 41.2 Å². The van der Waals surface area contributed by atoms with Crippen LogP contribution in [0.4, 0.5) is 13.6 Å². The molecule has 3 aromatic rings. The molecule has 1 aromatic heterocycles. The van der Waals surface area contributed by atoms with Crippen molar-refractivity contribution in [3.8, 4) is 11.4 Å². The number of hydrogen-bond acceptors (Lipinski definition) is 14. The lowest BCUT2D eigenvalue weighted by Gasteiger charge is -2.18. The average Bonchev–Trinajstić information content (AvgIpc) is 4.04. The number of ketones is 2. The summed E-state index contributed by atoms with van der Waals surface area (Å²) in [5.41, 5.74) is 6.81. The first-order valence-corrected chi connectivity index (χ1v) is 23.6. The van der Waals surface area contributed by atoms with Gasteiger partial charge >= 0.3 is 6.03 Å². The van der Waals surface area contributed by atoms with Gasteiger partial charge in [0.2, 0.25) is 5.91 Å². The summed E-state index contributed by atoms with van der Waals surface area (Å²) >= 11 is 1.90.